The molecular formula is C16H17BrFN3. The Morgan fingerprint density at radius 1 is 1.38 bits per heavy atom. The van der Waals surface area contributed by atoms with E-state index >= 15 is 0 Å². The molecule has 0 aliphatic heterocycles. The topological polar surface area (TPSA) is 37.8 Å². The molecule has 0 spiro atoms. The zero-order valence-electron chi connectivity index (χ0n) is 11.9. The molecule has 3 rings (SSSR count). The molecule has 3 nitrogen and oxygen atoms in total. The first-order valence-electron chi connectivity index (χ1n) is 7.23. The first kappa shape index (κ1) is 14.6. The highest BCUT2D eigenvalue weighted by molar-refractivity contribution is 9.10. The Labute approximate surface area is 132 Å². The molecule has 1 atom stereocenters. The van der Waals surface area contributed by atoms with Crippen LogP contribution in [0.4, 0.5) is 4.39 Å². The van der Waals surface area contributed by atoms with Gasteiger partial charge in [0, 0.05) is 33.5 Å². The summed E-state index contributed by atoms with van der Waals surface area (Å²) < 4.78 is 14.2. The molecule has 2 aromatic rings. The third kappa shape index (κ3) is 3.14. The molecule has 1 aliphatic carbocycles. The van der Waals surface area contributed by atoms with Gasteiger partial charge in [-0.25, -0.2) is 14.4 Å². The minimum Gasteiger partial charge on any atom is -0.310 e. The molecule has 1 heterocycles. The summed E-state index contributed by atoms with van der Waals surface area (Å²) in [6, 6.07) is 5.09. The summed E-state index contributed by atoms with van der Waals surface area (Å²) in [7, 11) is 0. The van der Waals surface area contributed by atoms with Crippen LogP contribution in [0.15, 0.2) is 28.9 Å². The van der Waals surface area contributed by atoms with Crippen molar-refractivity contribution in [1.29, 1.82) is 0 Å². The Hall–Kier alpha value is -1.33. The molecular weight excluding hydrogens is 333 g/mol. The van der Waals surface area contributed by atoms with Crippen molar-refractivity contribution in [3.05, 3.63) is 45.9 Å². The van der Waals surface area contributed by atoms with Crippen molar-refractivity contribution in [2.24, 2.45) is 0 Å². The molecule has 1 unspecified atom stereocenters. The number of nitrogens with one attached hydrogen (secondary N) is 1. The second-order valence-electron chi connectivity index (χ2n) is 5.26. The van der Waals surface area contributed by atoms with E-state index in [2.05, 4.69) is 38.1 Å². The van der Waals surface area contributed by atoms with Gasteiger partial charge in [-0.15, -0.1) is 0 Å². The lowest BCUT2D eigenvalue weighted by Crippen LogP contribution is -2.25. The van der Waals surface area contributed by atoms with Crippen LogP contribution in [-0.2, 0) is 6.42 Å². The molecule has 0 amide bonds. The number of nitrogens with zero attached hydrogens (tertiary/aromatic N) is 2. The predicted molar refractivity (Wildman–Crippen MR) is 84.5 cm³/mol. The van der Waals surface area contributed by atoms with Gasteiger partial charge in [-0.05, 0) is 44.0 Å². The van der Waals surface area contributed by atoms with E-state index < -0.39 is 0 Å². The average Bonchev–Trinajstić information content (AvgIpc) is 2.46. The molecule has 5 heteroatoms. The Kier molecular flexibility index (Phi) is 4.31. The van der Waals surface area contributed by atoms with Crippen molar-refractivity contribution < 1.29 is 4.39 Å². The van der Waals surface area contributed by atoms with Gasteiger partial charge >= 0.3 is 0 Å². The van der Waals surface area contributed by atoms with Crippen molar-refractivity contribution >= 4 is 15.9 Å². The van der Waals surface area contributed by atoms with Gasteiger partial charge in [-0.3, -0.25) is 0 Å². The Balaban J connectivity index is 1.99. The normalized spacial score (nSPS) is 17.6. The van der Waals surface area contributed by atoms with E-state index in [4.69, 9.17) is 0 Å². The number of aromatic nitrogens is 2. The smallest absolute Gasteiger partial charge is 0.159 e. The molecule has 21 heavy (non-hydrogen) atoms. The molecule has 1 N–H and O–H groups in total. The number of aryl methyl sites for hydroxylation is 1. The molecule has 0 saturated heterocycles. The van der Waals surface area contributed by atoms with Gasteiger partial charge in [-0.2, -0.15) is 0 Å². The van der Waals surface area contributed by atoms with Gasteiger partial charge in [0.05, 0.1) is 0 Å². The summed E-state index contributed by atoms with van der Waals surface area (Å²) in [6.45, 7) is 3.04. The van der Waals surface area contributed by atoms with Crippen molar-refractivity contribution in [3.63, 3.8) is 0 Å². The lowest BCUT2D eigenvalue weighted by Gasteiger charge is -2.25. The van der Waals surface area contributed by atoms with E-state index in [1.54, 1.807) is 0 Å². The first-order chi connectivity index (χ1) is 10.2. The molecule has 0 fully saturated rings. The van der Waals surface area contributed by atoms with Crippen molar-refractivity contribution in [2.45, 2.75) is 32.2 Å². The summed E-state index contributed by atoms with van der Waals surface area (Å²) in [5, 5.41) is 3.47. The predicted octanol–water partition coefficient (Wildman–Crippen LogP) is 4.03. The highest BCUT2D eigenvalue weighted by Gasteiger charge is 2.21. The maximum Gasteiger partial charge on any atom is 0.159 e. The van der Waals surface area contributed by atoms with Crippen LogP contribution >= 0.6 is 15.9 Å². The number of halogens is 2. The minimum absolute atomic E-state index is 0.286. The Morgan fingerprint density at radius 2 is 2.24 bits per heavy atom. The second-order valence-corrected chi connectivity index (χ2v) is 6.17. The van der Waals surface area contributed by atoms with E-state index in [1.807, 2.05) is 12.3 Å². The number of hydrogen-bond donors (Lipinski definition) is 1. The van der Waals surface area contributed by atoms with Crippen LogP contribution in [0.3, 0.4) is 0 Å². The third-order valence-electron chi connectivity index (χ3n) is 3.75. The van der Waals surface area contributed by atoms with E-state index in [9.17, 15) is 4.39 Å². The molecule has 0 radical (unpaired) electrons. The van der Waals surface area contributed by atoms with Crippen LogP contribution < -0.4 is 5.32 Å². The number of hydrogen-bond acceptors (Lipinski definition) is 3. The Morgan fingerprint density at radius 3 is 3.00 bits per heavy atom. The summed E-state index contributed by atoms with van der Waals surface area (Å²) in [4.78, 5) is 9.10. The van der Waals surface area contributed by atoms with Gasteiger partial charge < -0.3 is 5.32 Å². The fourth-order valence-electron chi connectivity index (χ4n) is 2.83. The maximum atomic E-state index is 13.5. The highest BCUT2D eigenvalue weighted by atomic mass is 79.9. The lowest BCUT2D eigenvalue weighted by molar-refractivity contribution is 0.464. The van der Waals surface area contributed by atoms with E-state index in [0.29, 0.717) is 21.9 Å². The molecule has 1 aromatic carbocycles. The monoisotopic (exact) mass is 349 g/mol. The average molecular weight is 350 g/mol. The van der Waals surface area contributed by atoms with E-state index in [-0.39, 0.29) is 5.82 Å². The SMILES string of the molecule is CCNC1CCCc2nc(-c3cc(F)cc(Br)c3)ncc21. The van der Waals surface area contributed by atoms with Gasteiger partial charge in [-0.1, -0.05) is 22.9 Å². The molecule has 110 valence electrons. The van der Waals surface area contributed by atoms with Gasteiger partial charge in [0.1, 0.15) is 5.82 Å². The second kappa shape index (κ2) is 6.20. The highest BCUT2D eigenvalue weighted by Crippen LogP contribution is 2.30. The zero-order valence-corrected chi connectivity index (χ0v) is 13.5. The quantitative estimate of drug-likeness (QED) is 0.908. The number of rotatable bonds is 3. The third-order valence-corrected chi connectivity index (χ3v) is 4.21. The van der Waals surface area contributed by atoms with Crippen LogP contribution in [0.5, 0.6) is 0 Å². The summed E-state index contributed by atoms with van der Waals surface area (Å²) in [6.07, 6.45) is 5.09. The van der Waals surface area contributed by atoms with Crippen molar-refractivity contribution in [2.75, 3.05) is 6.54 Å². The maximum absolute atomic E-state index is 13.5. The molecule has 0 saturated carbocycles. The van der Waals surface area contributed by atoms with Gasteiger partial charge in [0.2, 0.25) is 0 Å². The van der Waals surface area contributed by atoms with Crippen LogP contribution in [-0.4, -0.2) is 16.5 Å². The largest absolute Gasteiger partial charge is 0.310 e. The minimum atomic E-state index is -0.286. The van der Waals surface area contributed by atoms with Crippen LogP contribution in [0.2, 0.25) is 0 Å². The standard InChI is InChI=1S/C16H17BrFN3/c1-2-19-14-4-3-5-15-13(14)9-20-16(21-15)10-6-11(17)8-12(18)7-10/h6-9,14,19H,2-5H2,1H3. The number of fused-ring (bicyclic) bond motifs is 1. The first-order valence-corrected chi connectivity index (χ1v) is 8.02. The van der Waals surface area contributed by atoms with Crippen molar-refractivity contribution in [3.8, 4) is 11.4 Å². The van der Waals surface area contributed by atoms with Crippen LogP contribution in [0, 0.1) is 5.82 Å². The van der Waals surface area contributed by atoms with Crippen LogP contribution in [0.25, 0.3) is 11.4 Å². The fourth-order valence-corrected chi connectivity index (χ4v) is 3.29. The summed E-state index contributed by atoms with van der Waals surface area (Å²) >= 11 is 3.31. The summed E-state index contributed by atoms with van der Waals surface area (Å²) in [5.41, 5.74) is 2.97. The lowest BCUT2D eigenvalue weighted by atomic mass is 9.92. The Bertz CT molecular complexity index is 640. The van der Waals surface area contributed by atoms with E-state index in [1.165, 1.54) is 17.7 Å². The fraction of sp³-hybridized carbons (Fsp3) is 0.375. The van der Waals surface area contributed by atoms with Gasteiger partial charge in [0.25, 0.3) is 0 Å². The molecule has 1 aliphatic rings. The van der Waals surface area contributed by atoms with E-state index in [0.717, 1.165) is 31.5 Å². The van der Waals surface area contributed by atoms with Crippen LogP contribution in [0.1, 0.15) is 37.1 Å². The zero-order chi connectivity index (χ0) is 14.8. The molecule has 1 aromatic heterocycles. The summed E-state index contributed by atoms with van der Waals surface area (Å²) in [5.74, 6) is 0.303. The number of benzene rings is 1. The van der Waals surface area contributed by atoms with Crippen molar-refractivity contribution in [1.82, 2.24) is 15.3 Å². The molecule has 0 bridgehead atoms. The van der Waals surface area contributed by atoms with Gasteiger partial charge in [0.15, 0.2) is 5.82 Å².